The van der Waals surface area contributed by atoms with Crippen molar-refractivity contribution < 1.29 is 17.9 Å². The Morgan fingerprint density at radius 3 is 2.45 bits per heavy atom. The molecule has 0 N–H and O–H groups in total. The highest BCUT2D eigenvalue weighted by Gasteiger charge is 2.37. The highest BCUT2D eigenvalue weighted by atomic mass is 35.5. The summed E-state index contributed by atoms with van der Waals surface area (Å²) in [6.45, 7) is 0. The summed E-state index contributed by atoms with van der Waals surface area (Å²) >= 11 is 11.6. The van der Waals surface area contributed by atoms with Gasteiger partial charge < -0.3 is 4.74 Å². The third-order valence-electron chi connectivity index (χ3n) is 2.61. The number of alkyl halides is 3. The number of halogens is 5. The fraction of sp³-hybridized carbons (Fsp3) is 0.0833. The molecule has 3 aromatic rings. The van der Waals surface area contributed by atoms with Crippen LogP contribution in [0.25, 0.3) is 5.65 Å². The molecule has 10 heteroatoms. The quantitative estimate of drug-likeness (QED) is 0.694. The lowest BCUT2D eigenvalue weighted by atomic mass is 10.3. The number of hydrogen-bond acceptors (Lipinski definition) is 4. The zero-order valence-electron chi connectivity index (χ0n) is 10.5. The van der Waals surface area contributed by atoms with E-state index in [1.165, 1.54) is 30.3 Å². The number of aromatic nitrogens is 4. The van der Waals surface area contributed by atoms with Gasteiger partial charge in [0, 0.05) is 12.1 Å². The molecular formula is C12H5Cl2F3N4O. The standard InChI is InChI=1S/C12H5Cl2F3N4O/c13-7-2-1-6(5-8(7)14)22-10-4-3-9-18-19-11(12(15,16)17)21(9)20-10/h1-5H. The molecule has 0 bridgehead atoms. The van der Waals surface area contributed by atoms with Crippen LogP contribution < -0.4 is 4.74 Å². The summed E-state index contributed by atoms with van der Waals surface area (Å²) < 4.78 is 44.2. The Hall–Kier alpha value is -2.06. The summed E-state index contributed by atoms with van der Waals surface area (Å²) in [5, 5.41) is 10.8. The molecule has 0 radical (unpaired) electrons. The van der Waals surface area contributed by atoms with Gasteiger partial charge in [0.15, 0.2) is 5.65 Å². The van der Waals surface area contributed by atoms with Crippen LogP contribution in [0.2, 0.25) is 10.0 Å². The van der Waals surface area contributed by atoms with Crippen molar-refractivity contribution in [2.24, 2.45) is 0 Å². The van der Waals surface area contributed by atoms with Crippen molar-refractivity contribution in [1.82, 2.24) is 19.8 Å². The van der Waals surface area contributed by atoms with Crippen molar-refractivity contribution in [2.75, 3.05) is 0 Å². The molecular weight excluding hydrogens is 344 g/mol. The lowest BCUT2D eigenvalue weighted by Gasteiger charge is -2.07. The zero-order chi connectivity index (χ0) is 15.9. The average molecular weight is 349 g/mol. The van der Waals surface area contributed by atoms with Gasteiger partial charge in [0.05, 0.1) is 10.0 Å². The van der Waals surface area contributed by atoms with Gasteiger partial charge in [0.25, 0.3) is 5.82 Å². The molecule has 0 saturated heterocycles. The Balaban J connectivity index is 1.99. The third-order valence-corrected chi connectivity index (χ3v) is 3.34. The van der Waals surface area contributed by atoms with Crippen molar-refractivity contribution in [2.45, 2.75) is 6.18 Å². The predicted molar refractivity (Wildman–Crippen MR) is 72.3 cm³/mol. The van der Waals surface area contributed by atoms with E-state index < -0.39 is 12.0 Å². The molecule has 3 rings (SSSR count). The molecule has 1 aromatic carbocycles. The van der Waals surface area contributed by atoms with Crippen LogP contribution in [0, 0.1) is 0 Å². The molecule has 5 nitrogen and oxygen atoms in total. The summed E-state index contributed by atoms with van der Waals surface area (Å²) in [6, 6.07) is 7.11. The van der Waals surface area contributed by atoms with E-state index in [9.17, 15) is 13.2 Å². The van der Waals surface area contributed by atoms with Gasteiger partial charge >= 0.3 is 6.18 Å². The lowest BCUT2D eigenvalue weighted by molar-refractivity contribution is -0.146. The molecule has 0 amide bonds. The molecule has 0 aliphatic rings. The number of ether oxygens (including phenoxy) is 1. The van der Waals surface area contributed by atoms with Crippen LogP contribution in [0.1, 0.15) is 5.82 Å². The van der Waals surface area contributed by atoms with Gasteiger partial charge in [-0.1, -0.05) is 23.2 Å². The first kappa shape index (κ1) is 14.9. The molecule has 0 atom stereocenters. The summed E-state index contributed by atoms with van der Waals surface area (Å²) in [7, 11) is 0. The Kier molecular flexibility index (Phi) is 3.57. The number of benzene rings is 1. The van der Waals surface area contributed by atoms with E-state index in [1.807, 2.05) is 0 Å². The number of nitrogens with zero attached hydrogens (tertiary/aromatic N) is 4. The molecule has 114 valence electrons. The second-order valence-electron chi connectivity index (χ2n) is 4.14. The normalized spacial score (nSPS) is 11.9. The SMILES string of the molecule is FC(F)(F)c1nnc2ccc(Oc3ccc(Cl)c(Cl)c3)nn12. The summed E-state index contributed by atoms with van der Waals surface area (Å²) in [5.41, 5.74) is -0.0474. The van der Waals surface area contributed by atoms with Crippen molar-refractivity contribution in [3.8, 4) is 11.6 Å². The minimum absolute atomic E-state index is 0.0474. The molecule has 0 aliphatic heterocycles. The van der Waals surface area contributed by atoms with Crippen LogP contribution in [0.15, 0.2) is 30.3 Å². The average Bonchev–Trinajstić information content (AvgIpc) is 2.86. The Labute approximate surface area is 131 Å². The predicted octanol–water partition coefficient (Wildman–Crippen LogP) is 4.24. The largest absolute Gasteiger partial charge is 0.453 e. The second-order valence-corrected chi connectivity index (χ2v) is 4.96. The van der Waals surface area contributed by atoms with Crippen LogP contribution in [-0.2, 0) is 6.18 Å². The Morgan fingerprint density at radius 1 is 1.00 bits per heavy atom. The summed E-state index contributed by atoms with van der Waals surface area (Å²) in [6.07, 6.45) is -4.67. The van der Waals surface area contributed by atoms with Gasteiger partial charge in [-0.15, -0.1) is 15.3 Å². The molecule has 0 aliphatic carbocycles. The fourth-order valence-corrected chi connectivity index (χ4v) is 1.95. The number of rotatable bonds is 2. The molecule has 22 heavy (non-hydrogen) atoms. The van der Waals surface area contributed by atoms with Crippen molar-refractivity contribution in [3.63, 3.8) is 0 Å². The highest BCUT2D eigenvalue weighted by Crippen LogP contribution is 2.30. The first-order valence-corrected chi connectivity index (χ1v) is 6.53. The molecule has 0 unspecified atom stereocenters. The molecule has 0 saturated carbocycles. The van der Waals surface area contributed by atoms with Gasteiger partial charge in [-0.05, 0) is 18.2 Å². The van der Waals surface area contributed by atoms with E-state index in [-0.39, 0.29) is 22.3 Å². The maximum atomic E-state index is 12.8. The number of hydrogen-bond donors (Lipinski definition) is 0. The van der Waals surface area contributed by atoms with Gasteiger partial charge in [-0.2, -0.15) is 17.7 Å². The minimum atomic E-state index is -4.67. The van der Waals surface area contributed by atoms with E-state index >= 15 is 0 Å². The topological polar surface area (TPSA) is 52.3 Å². The van der Waals surface area contributed by atoms with Gasteiger partial charge in [-0.25, -0.2) is 0 Å². The molecule has 2 heterocycles. The second kappa shape index (κ2) is 5.29. The maximum absolute atomic E-state index is 12.8. The smallest absolute Gasteiger partial charge is 0.438 e. The van der Waals surface area contributed by atoms with Crippen LogP contribution >= 0.6 is 23.2 Å². The first-order valence-electron chi connectivity index (χ1n) is 5.77. The van der Waals surface area contributed by atoms with Crippen molar-refractivity contribution >= 4 is 28.8 Å². The van der Waals surface area contributed by atoms with Crippen LogP contribution in [0.5, 0.6) is 11.6 Å². The summed E-state index contributed by atoms with van der Waals surface area (Å²) in [5.74, 6) is -1.03. The molecule has 0 fully saturated rings. The van der Waals surface area contributed by atoms with E-state index in [1.54, 1.807) is 0 Å². The maximum Gasteiger partial charge on any atom is 0.453 e. The van der Waals surface area contributed by atoms with Crippen molar-refractivity contribution in [1.29, 1.82) is 0 Å². The van der Waals surface area contributed by atoms with Gasteiger partial charge in [0.2, 0.25) is 5.88 Å². The van der Waals surface area contributed by atoms with E-state index in [0.29, 0.717) is 9.54 Å². The molecule has 2 aromatic heterocycles. The number of fused-ring (bicyclic) bond motifs is 1. The Morgan fingerprint density at radius 2 is 1.77 bits per heavy atom. The minimum Gasteiger partial charge on any atom is -0.438 e. The summed E-state index contributed by atoms with van der Waals surface area (Å²) in [4.78, 5) is 0. The highest BCUT2D eigenvalue weighted by molar-refractivity contribution is 6.42. The van der Waals surface area contributed by atoms with Gasteiger partial charge in [-0.3, -0.25) is 0 Å². The van der Waals surface area contributed by atoms with E-state index in [4.69, 9.17) is 27.9 Å². The van der Waals surface area contributed by atoms with E-state index in [0.717, 1.165) is 0 Å². The van der Waals surface area contributed by atoms with Crippen LogP contribution in [-0.4, -0.2) is 19.8 Å². The van der Waals surface area contributed by atoms with Gasteiger partial charge in [0.1, 0.15) is 5.75 Å². The Bertz CT molecular complexity index is 850. The zero-order valence-corrected chi connectivity index (χ0v) is 12.0. The van der Waals surface area contributed by atoms with Crippen LogP contribution in [0.4, 0.5) is 13.2 Å². The lowest BCUT2D eigenvalue weighted by Crippen LogP contribution is -2.12. The van der Waals surface area contributed by atoms with E-state index in [2.05, 4.69) is 15.3 Å². The van der Waals surface area contributed by atoms with Crippen LogP contribution in [0.3, 0.4) is 0 Å². The molecule has 0 spiro atoms. The monoisotopic (exact) mass is 348 g/mol. The fourth-order valence-electron chi connectivity index (χ4n) is 1.66. The third kappa shape index (κ3) is 2.79. The van der Waals surface area contributed by atoms with Crippen molar-refractivity contribution in [3.05, 3.63) is 46.2 Å². The first-order chi connectivity index (χ1) is 10.3.